The van der Waals surface area contributed by atoms with E-state index in [1.165, 1.54) is 48.8 Å². The van der Waals surface area contributed by atoms with Crippen molar-refractivity contribution in [1.82, 2.24) is 14.9 Å². The van der Waals surface area contributed by atoms with Crippen molar-refractivity contribution in [3.63, 3.8) is 0 Å². The first-order valence-electron chi connectivity index (χ1n) is 15.9. The number of nitrogens with zero attached hydrogens (tertiary/aromatic N) is 3. The third-order valence-corrected chi connectivity index (χ3v) is 8.04. The van der Waals surface area contributed by atoms with Crippen LogP contribution < -0.4 is 10.1 Å². The molecular formula is C31H29ClFN4O10PS. The maximum absolute atomic E-state index is 13.7. The van der Waals surface area contributed by atoms with Crippen LogP contribution in [0.3, 0.4) is 0 Å². The normalized spacial score (nSPS) is 13.6. The zero-order valence-corrected chi connectivity index (χ0v) is 27.7. The first-order chi connectivity index (χ1) is 24.7. The fraction of sp³-hybridized carbons (Fsp3) is 0.194. The van der Waals surface area contributed by atoms with Crippen molar-refractivity contribution in [2.75, 3.05) is 30.7 Å². The Kier molecular flexibility index (Phi) is 9.53. The van der Waals surface area contributed by atoms with Crippen molar-refractivity contribution in [2.24, 2.45) is 0 Å². The van der Waals surface area contributed by atoms with Crippen LogP contribution in [0, 0.1) is 5.82 Å². The zero-order valence-electron chi connectivity index (χ0n) is 29.2. The number of rotatable bonds is 14. The third kappa shape index (κ3) is 10.5. The number of hydrogen-bond acceptors (Lipinski definition) is 11. The Morgan fingerprint density at radius 3 is 2.67 bits per heavy atom. The molecule has 2 heterocycles. The van der Waals surface area contributed by atoms with Gasteiger partial charge in [0.15, 0.2) is 0 Å². The van der Waals surface area contributed by atoms with Crippen molar-refractivity contribution in [1.29, 1.82) is 0 Å². The van der Waals surface area contributed by atoms with Crippen LogP contribution in [0.2, 0.25) is 5.02 Å². The van der Waals surface area contributed by atoms with E-state index in [9.17, 15) is 22.2 Å². The van der Waals surface area contributed by atoms with Gasteiger partial charge in [0.1, 0.15) is 51.6 Å². The summed E-state index contributed by atoms with van der Waals surface area (Å²) < 4.78 is 102. The van der Waals surface area contributed by atoms with Crippen molar-refractivity contribution >= 4 is 57.8 Å². The maximum Gasteiger partial charge on any atom is 0.472 e. The Morgan fingerprint density at radius 1 is 1.12 bits per heavy atom. The number of fused-ring (bicyclic) bond motifs is 1. The number of anilines is 2. The van der Waals surface area contributed by atoms with Gasteiger partial charge in [0, 0.05) is 29.4 Å². The van der Waals surface area contributed by atoms with Crippen molar-refractivity contribution in [2.45, 2.75) is 13.1 Å². The lowest BCUT2D eigenvalue weighted by atomic mass is 10.1. The molecule has 0 saturated carbocycles. The van der Waals surface area contributed by atoms with Crippen LogP contribution in [0.4, 0.5) is 20.7 Å². The van der Waals surface area contributed by atoms with E-state index in [0.717, 1.165) is 12.3 Å². The highest BCUT2D eigenvalue weighted by molar-refractivity contribution is 7.90. The van der Waals surface area contributed by atoms with E-state index >= 15 is 0 Å². The van der Waals surface area contributed by atoms with Crippen LogP contribution >= 0.6 is 19.4 Å². The van der Waals surface area contributed by atoms with Gasteiger partial charge in [-0.15, -0.1) is 0 Å². The average Bonchev–Trinajstić information content (AvgIpc) is 3.57. The number of phosphoric acid groups is 1. The second kappa shape index (κ2) is 15.3. The summed E-state index contributed by atoms with van der Waals surface area (Å²) >= 11 is 6.43. The molecule has 14 nitrogen and oxygen atoms in total. The molecule has 5 rings (SSSR count). The van der Waals surface area contributed by atoms with Gasteiger partial charge in [0.2, 0.25) is 6.79 Å². The number of halogens is 2. The third-order valence-electron chi connectivity index (χ3n) is 6.38. The number of ether oxygens (including phenoxy) is 2. The van der Waals surface area contributed by atoms with Crippen LogP contribution in [0.15, 0.2) is 83.5 Å². The number of carbonyl (C=O) groups excluding carboxylic acids is 1. The Hall–Kier alpha value is -4.57. The summed E-state index contributed by atoms with van der Waals surface area (Å²) in [6.07, 6.45) is 0.705. The predicted molar refractivity (Wildman–Crippen MR) is 177 cm³/mol. The van der Waals surface area contributed by atoms with Gasteiger partial charge in [-0.05, 0) is 66.2 Å². The summed E-state index contributed by atoms with van der Waals surface area (Å²) in [4.78, 5) is 39.4. The van der Waals surface area contributed by atoms with Crippen LogP contribution in [0.25, 0.3) is 22.2 Å². The molecular weight excluding hydrogens is 706 g/mol. The number of aromatic nitrogens is 2. The molecule has 0 unspecified atom stereocenters. The molecule has 5 aromatic rings. The van der Waals surface area contributed by atoms with E-state index in [2.05, 4.69) is 24.5 Å². The van der Waals surface area contributed by atoms with E-state index < -0.39 is 67.5 Å². The van der Waals surface area contributed by atoms with E-state index in [1.54, 1.807) is 24.3 Å². The zero-order chi connectivity index (χ0) is 38.8. The molecule has 0 fully saturated rings. The summed E-state index contributed by atoms with van der Waals surface area (Å²) in [5, 5.41) is 3.63. The second-order valence-electron chi connectivity index (χ2n) is 10.1. The molecule has 0 spiro atoms. The number of amides is 1. The van der Waals surface area contributed by atoms with Gasteiger partial charge in [0.25, 0.3) is 0 Å². The minimum atomic E-state index is -5.04. The SMILES string of the molecule is [2H]C([2H])(Oc1ccc(Nc2ncnc3ccc(-c4ccc(C([2H])([2H])N(CCS(C)(=O)=O)C(=O)OCOP(=O)(O)O)o4)cc23)cc1Cl)c1cccc(F)c1. The molecule has 0 bridgehead atoms. The van der Waals surface area contributed by atoms with Gasteiger partial charge in [-0.2, -0.15) is 0 Å². The molecule has 0 aliphatic rings. The highest BCUT2D eigenvalue weighted by atomic mass is 35.5. The number of carbonyl (C=O) groups is 1. The molecule has 49 heavy (non-hydrogen) atoms. The lowest BCUT2D eigenvalue weighted by Crippen LogP contribution is -2.35. The Balaban J connectivity index is 1.38. The minimum absolute atomic E-state index is 0.00702. The number of benzene rings is 3. The molecule has 1 amide bonds. The van der Waals surface area contributed by atoms with Crippen molar-refractivity contribution < 1.29 is 55.9 Å². The molecule has 3 N–H and O–H groups in total. The minimum Gasteiger partial charge on any atom is -0.487 e. The van der Waals surface area contributed by atoms with Crippen molar-refractivity contribution in [3.05, 3.63) is 101 Å². The summed E-state index contributed by atoms with van der Waals surface area (Å²) in [6, 6.07) is 16.9. The average molecular weight is 739 g/mol. The molecule has 0 aliphatic heterocycles. The van der Waals surface area contributed by atoms with Crippen molar-refractivity contribution in [3.8, 4) is 17.1 Å². The molecule has 3 aromatic carbocycles. The Morgan fingerprint density at radius 2 is 1.94 bits per heavy atom. The van der Waals surface area contributed by atoms with Crippen LogP contribution in [0.1, 0.15) is 16.8 Å². The van der Waals surface area contributed by atoms with Gasteiger partial charge in [-0.3, -0.25) is 4.90 Å². The lowest BCUT2D eigenvalue weighted by molar-refractivity contribution is 0.0191. The number of sulfone groups is 1. The number of nitrogens with one attached hydrogen (secondary N) is 1. The molecule has 0 aliphatic carbocycles. The molecule has 0 saturated heterocycles. The van der Waals surface area contributed by atoms with Gasteiger partial charge in [0.05, 0.1) is 28.3 Å². The second-order valence-corrected chi connectivity index (χ2v) is 14.1. The summed E-state index contributed by atoms with van der Waals surface area (Å²) in [7, 11) is -8.75. The fourth-order valence-corrected chi connectivity index (χ4v) is 5.06. The van der Waals surface area contributed by atoms with Crippen LogP contribution in [0.5, 0.6) is 5.75 Å². The summed E-state index contributed by atoms with van der Waals surface area (Å²) in [5.41, 5.74) is 1.30. The molecule has 18 heteroatoms. The van der Waals surface area contributed by atoms with Crippen LogP contribution in [-0.4, -0.2) is 64.5 Å². The topological polar surface area (TPSA) is 191 Å². The summed E-state index contributed by atoms with van der Waals surface area (Å²) in [6.45, 7) is -7.17. The maximum atomic E-state index is 13.7. The van der Waals surface area contributed by atoms with Gasteiger partial charge in [-0.25, -0.2) is 36.7 Å². The number of furan rings is 1. The summed E-state index contributed by atoms with van der Waals surface area (Å²) in [5.74, 6) is -1.32. The van der Waals surface area contributed by atoms with E-state index in [1.807, 2.05) is 0 Å². The molecule has 2 aromatic heterocycles. The first kappa shape index (κ1) is 30.5. The Bertz CT molecular complexity index is 2320. The predicted octanol–water partition coefficient (Wildman–Crippen LogP) is 6.05. The van der Waals surface area contributed by atoms with E-state index in [0.29, 0.717) is 32.9 Å². The number of hydrogen-bond donors (Lipinski definition) is 3. The fourth-order valence-electron chi connectivity index (χ4n) is 4.13. The molecule has 258 valence electrons. The number of phosphoric ester groups is 1. The highest BCUT2D eigenvalue weighted by Gasteiger charge is 2.22. The first-order valence-corrected chi connectivity index (χ1v) is 17.9. The van der Waals surface area contributed by atoms with Gasteiger partial charge < -0.3 is 29.0 Å². The smallest absolute Gasteiger partial charge is 0.472 e. The quantitative estimate of drug-likeness (QED) is 0.0882. The van der Waals surface area contributed by atoms with Gasteiger partial charge >= 0.3 is 13.9 Å². The Labute approximate surface area is 290 Å². The monoisotopic (exact) mass is 738 g/mol. The van der Waals surface area contributed by atoms with Gasteiger partial charge in [-0.1, -0.05) is 23.7 Å². The largest absolute Gasteiger partial charge is 0.487 e. The molecule has 0 radical (unpaired) electrons. The lowest BCUT2D eigenvalue weighted by Gasteiger charge is -2.20. The van der Waals surface area contributed by atoms with E-state index in [-0.39, 0.29) is 22.1 Å². The van der Waals surface area contributed by atoms with Crippen LogP contribution in [-0.2, 0) is 36.7 Å². The molecule has 0 atom stereocenters. The standard InChI is InChI=1S/C31H29ClFN4O10PS/c1-49(42,43)12-11-37(31(38)45-19-46-48(39,40)41)16-24-7-10-28(47-24)21-5-8-27-25(14-21)30(35-18-34-27)36-23-6-9-29(26(32)15-23)44-17-20-3-2-4-22(33)13-20/h2-10,13-15,18H,11-12,16-17,19H2,1H3,(H,34,35,36)(H2,39,40,41)/i16D2,17D2. The highest BCUT2D eigenvalue weighted by Crippen LogP contribution is 2.36. The van der Waals surface area contributed by atoms with E-state index in [4.69, 9.17) is 36.0 Å².